The standard InChI is InChI=1S/C17H25F3N4O/c1-12(2)15(25)22-9-10-23-16(21-3)24(4)11-13-5-7-14(8-6-13)17(18,19)20/h5-8,12H,9-11H2,1-4H3,(H,21,23)(H,22,25). The van der Waals surface area contributed by atoms with Crippen LogP contribution in [0.1, 0.15) is 25.0 Å². The Balaban J connectivity index is 2.51. The first kappa shape index (κ1) is 20.8. The van der Waals surface area contributed by atoms with Gasteiger partial charge in [0.25, 0.3) is 0 Å². The molecule has 0 aliphatic carbocycles. The molecule has 0 saturated carbocycles. The Morgan fingerprint density at radius 3 is 2.20 bits per heavy atom. The fourth-order valence-corrected chi connectivity index (χ4v) is 2.10. The fourth-order valence-electron chi connectivity index (χ4n) is 2.10. The highest BCUT2D eigenvalue weighted by Gasteiger charge is 2.29. The number of nitrogens with zero attached hydrogens (tertiary/aromatic N) is 2. The summed E-state index contributed by atoms with van der Waals surface area (Å²) in [6.45, 7) is 5.02. The van der Waals surface area contributed by atoms with Crippen molar-refractivity contribution in [2.75, 3.05) is 27.2 Å². The van der Waals surface area contributed by atoms with Gasteiger partial charge in [-0.15, -0.1) is 0 Å². The fraction of sp³-hybridized carbons (Fsp3) is 0.529. The Morgan fingerprint density at radius 1 is 1.16 bits per heavy atom. The van der Waals surface area contributed by atoms with Crippen LogP contribution in [0.4, 0.5) is 13.2 Å². The first-order chi connectivity index (χ1) is 11.6. The van der Waals surface area contributed by atoms with E-state index in [-0.39, 0.29) is 11.8 Å². The molecular weight excluding hydrogens is 333 g/mol. The quantitative estimate of drug-likeness (QED) is 0.467. The topological polar surface area (TPSA) is 56.7 Å². The summed E-state index contributed by atoms with van der Waals surface area (Å²) in [5, 5.41) is 5.89. The van der Waals surface area contributed by atoms with Gasteiger partial charge in [-0.1, -0.05) is 26.0 Å². The Kier molecular flexibility index (Phi) is 7.73. The van der Waals surface area contributed by atoms with E-state index >= 15 is 0 Å². The molecule has 0 aliphatic heterocycles. The first-order valence-electron chi connectivity index (χ1n) is 8.00. The van der Waals surface area contributed by atoms with E-state index in [1.807, 2.05) is 13.8 Å². The molecule has 5 nitrogen and oxygen atoms in total. The van der Waals surface area contributed by atoms with E-state index in [2.05, 4.69) is 15.6 Å². The second-order valence-corrected chi connectivity index (χ2v) is 5.97. The highest BCUT2D eigenvalue weighted by Crippen LogP contribution is 2.29. The maximum absolute atomic E-state index is 12.6. The Bertz CT molecular complexity index is 583. The number of hydrogen-bond acceptors (Lipinski definition) is 2. The van der Waals surface area contributed by atoms with Gasteiger partial charge in [-0.2, -0.15) is 13.2 Å². The van der Waals surface area contributed by atoms with Crippen LogP contribution in [0, 0.1) is 5.92 Å². The molecule has 0 atom stereocenters. The van der Waals surface area contributed by atoms with E-state index in [0.717, 1.165) is 17.7 Å². The molecule has 140 valence electrons. The third kappa shape index (κ3) is 7.03. The van der Waals surface area contributed by atoms with Crippen molar-refractivity contribution >= 4 is 11.9 Å². The summed E-state index contributed by atoms with van der Waals surface area (Å²) in [6, 6.07) is 5.05. The molecule has 1 aromatic rings. The molecule has 2 N–H and O–H groups in total. The van der Waals surface area contributed by atoms with E-state index in [0.29, 0.717) is 25.6 Å². The molecule has 25 heavy (non-hydrogen) atoms. The van der Waals surface area contributed by atoms with Gasteiger partial charge in [-0.05, 0) is 17.7 Å². The zero-order valence-electron chi connectivity index (χ0n) is 14.9. The summed E-state index contributed by atoms with van der Waals surface area (Å²) in [5.41, 5.74) is 0.0777. The number of benzene rings is 1. The number of carbonyl (C=O) groups excluding carboxylic acids is 1. The number of hydrogen-bond donors (Lipinski definition) is 2. The van der Waals surface area contributed by atoms with Crippen molar-refractivity contribution < 1.29 is 18.0 Å². The normalized spacial score (nSPS) is 12.2. The average molecular weight is 358 g/mol. The lowest BCUT2D eigenvalue weighted by molar-refractivity contribution is -0.137. The van der Waals surface area contributed by atoms with Crippen LogP contribution in [-0.2, 0) is 17.5 Å². The van der Waals surface area contributed by atoms with Crippen molar-refractivity contribution in [2.45, 2.75) is 26.6 Å². The van der Waals surface area contributed by atoms with E-state index in [9.17, 15) is 18.0 Å². The molecule has 0 fully saturated rings. The molecule has 0 aromatic heterocycles. The van der Waals surface area contributed by atoms with Crippen LogP contribution in [0.5, 0.6) is 0 Å². The van der Waals surface area contributed by atoms with Crippen molar-refractivity contribution in [3.05, 3.63) is 35.4 Å². The van der Waals surface area contributed by atoms with Gasteiger partial charge < -0.3 is 15.5 Å². The molecule has 1 rings (SSSR count). The minimum atomic E-state index is -4.33. The number of aliphatic imine (C=N–C) groups is 1. The molecule has 8 heteroatoms. The highest BCUT2D eigenvalue weighted by molar-refractivity contribution is 5.80. The molecule has 0 radical (unpaired) electrons. The van der Waals surface area contributed by atoms with E-state index < -0.39 is 11.7 Å². The van der Waals surface area contributed by atoms with Gasteiger partial charge >= 0.3 is 6.18 Å². The molecule has 0 saturated heterocycles. The van der Waals surface area contributed by atoms with E-state index in [1.165, 1.54) is 12.1 Å². The number of guanidine groups is 1. The minimum absolute atomic E-state index is 0.0186. The number of amides is 1. The van der Waals surface area contributed by atoms with Crippen molar-refractivity contribution in [1.29, 1.82) is 0 Å². The van der Waals surface area contributed by atoms with Crippen LogP contribution in [0.3, 0.4) is 0 Å². The molecule has 1 aromatic carbocycles. The Morgan fingerprint density at radius 2 is 1.72 bits per heavy atom. The maximum Gasteiger partial charge on any atom is 0.416 e. The Hall–Kier alpha value is -2.25. The van der Waals surface area contributed by atoms with E-state index in [1.54, 1.807) is 19.0 Å². The van der Waals surface area contributed by atoms with Crippen LogP contribution in [0.15, 0.2) is 29.3 Å². The summed E-state index contributed by atoms with van der Waals surface area (Å²) < 4.78 is 37.7. The van der Waals surface area contributed by atoms with Gasteiger partial charge in [0.05, 0.1) is 5.56 Å². The highest BCUT2D eigenvalue weighted by atomic mass is 19.4. The predicted octanol–water partition coefficient (Wildman–Crippen LogP) is 2.48. The lowest BCUT2D eigenvalue weighted by atomic mass is 10.1. The van der Waals surface area contributed by atoms with Crippen LogP contribution < -0.4 is 10.6 Å². The molecule has 0 heterocycles. The second-order valence-electron chi connectivity index (χ2n) is 5.97. The Labute approximate surface area is 146 Å². The van der Waals surface area contributed by atoms with Crippen molar-refractivity contribution in [3.8, 4) is 0 Å². The molecule has 0 spiro atoms. The predicted molar refractivity (Wildman–Crippen MR) is 92.1 cm³/mol. The monoisotopic (exact) mass is 358 g/mol. The third-order valence-electron chi connectivity index (χ3n) is 3.51. The summed E-state index contributed by atoms with van der Waals surface area (Å²) in [5.74, 6) is 0.509. The van der Waals surface area contributed by atoms with Crippen LogP contribution in [-0.4, -0.2) is 44.0 Å². The molecule has 1 amide bonds. The van der Waals surface area contributed by atoms with Crippen LogP contribution >= 0.6 is 0 Å². The zero-order chi connectivity index (χ0) is 19.0. The van der Waals surface area contributed by atoms with Crippen molar-refractivity contribution in [1.82, 2.24) is 15.5 Å². The molecule has 0 unspecified atom stereocenters. The maximum atomic E-state index is 12.6. The number of halogens is 3. The van der Waals surface area contributed by atoms with Crippen LogP contribution in [0.2, 0.25) is 0 Å². The number of carbonyl (C=O) groups is 1. The van der Waals surface area contributed by atoms with Gasteiger partial charge in [-0.25, -0.2) is 0 Å². The number of rotatable bonds is 6. The van der Waals surface area contributed by atoms with Crippen LogP contribution in [0.25, 0.3) is 0 Å². The van der Waals surface area contributed by atoms with Crippen molar-refractivity contribution in [3.63, 3.8) is 0 Å². The first-order valence-corrected chi connectivity index (χ1v) is 8.00. The van der Waals surface area contributed by atoms with Gasteiger partial charge in [0.2, 0.25) is 5.91 Å². The van der Waals surface area contributed by atoms with Crippen molar-refractivity contribution in [2.24, 2.45) is 10.9 Å². The number of nitrogens with one attached hydrogen (secondary N) is 2. The smallest absolute Gasteiger partial charge is 0.354 e. The SMILES string of the molecule is CN=C(NCCNC(=O)C(C)C)N(C)Cc1ccc(C(F)(F)F)cc1. The lowest BCUT2D eigenvalue weighted by Gasteiger charge is -2.22. The average Bonchev–Trinajstić information content (AvgIpc) is 2.54. The zero-order valence-corrected chi connectivity index (χ0v) is 14.9. The molecule has 0 bridgehead atoms. The van der Waals surface area contributed by atoms with Gasteiger partial charge in [0.15, 0.2) is 5.96 Å². The van der Waals surface area contributed by atoms with Gasteiger partial charge in [0.1, 0.15) is 0 Å². The largest absolute Gasteiger partial charge is 0.416 e. The van der Waals surface area contributed by atoms with Gasteiger partial charge in [-0.3, -0.25) is 9.79 Å². The molecular formula is C17H25F3N4O. The summed E-state index contributed by atoms with van der Waals surface area (Å²) in [7, 11) is 3.41. The third-order valence-corrected chi connectivity index (χ3v) is 3.51. The number of alkyl halides is 3. The van der Waals surface area contributed by atoms with Gasteiger partial charge in [0, 0.05) is 39.6 Å². The summed E-state index contributed by atoms with van der Waals surface area (Å²) in [6.07, 6.45) is -4.33. The lowest BCUT2D eigenvalue weighted by Crippen LogP contribution is -2.42. The summed E-state index contributed by atoms with van der Waals surface area (Å²) >= 11 is 0. The van der Waals surface area contributed by atoms with E-state index in [4.69, 9.17) is 0 Å². The second kappa shape index (κ2) is 9.29. The molecule has 0 aliphatic rings. The minimum Gasteiger partial charge on any atom is -0.354 e. The summed E-state index contributed by atoms with van der Waals surface area (Å²) in [4.78, 5) is 17.4.